The van der Waals surface area contributed by atoms with E-state index in [1.807, 2.05) is 4.57 Å². The van der Waals surface area contributed by atoms with E-state index < -0.39 is 24.1 Å². The number of hydrogen-bond acceptors (Lipinski definition) is 6. The molecule has 2 aromatic heterocycles. The highest BCUT2D eigenvalue weighted by Gasteiger charge is 2.41. The Hall–Kier alpha value is -3.99. The Morgan fingerprint density at radius 1 is 1.19 bits per heavy atom. The van der Waals surface area contributed by atoms with Crippen LogP contribution in [0.2, 0.25) is 0 Å². The van der Waals surface area contributed by atoms with Gasteiger partial charge in [0.2, 0.25) is 0 Å². The molecule has 8 nitrogen and oxygen atoms in total. The van der Waals surface area contributed by atoms with Gasteiger partial charge in [0.05, 0.1) is 23.1 Å². The van der Waals surface area contributed by atoms with Crippen LogP contribution in [0, 0.1) is 11.2 Å². The molecule has 2 aliphatic heterocycles. The summed E-state index contributed by atoms with van der Waals surface area (Å²) >= 11 is 0. The summed E-state index contributed by atoms with van der Waals surface area (Å²) in [5.74, 6) is 0.352. The fraction of sp³-hybridized carbons (Fsp3) is 0.280. The van der Waals surface area contributed by atoms with Gasteiger partial charge in [0, 0.05) is 40.7 Å². The second kappa shape index (κ2) is 7.76. The second-order valence-corrected chi connectivity index (χ2v) is 9.43. The molecular weight excluding hydrogens is 473 g/mol. The van der Waals surface area contributed by atoms with Crippen molar-refractivity contribution in [3.05, 3.63) is 71.3 Å². The molecule has 0 spiro atoms. The van der Waals surface area contributed by atoms with E-state index in [1.54, 1.807) is 32.0 Å². The average Bonchev–Trinajstić information content (AvgIpc) is 3.29. The van der Waals surface area contributed by atoms with Gasteiger partial charge in [-0.1, -0.05) is 12.1 Å². The Kier molecular flexibility index (Phi) is 4.84. The van der Waals surface area contributed by atoms with Crippen molar-refractivity contribution in [1.29, 1.82) is 5.41 Å². The fourth-order valence-corrected chi connectivity index (χ4v) is 5.07. The summed E-state index contributed by atoms with van der Waals surface area (Å²) in [6.45, 7) is 0.0934. The van der Waals surface area contributed by atoms with Gasteiger partial charge < -0.3 is 19.7 Å². The smallest absolute Gasteiger partial charge is 0.387 e. The third-order valence-electron chi connectivity index (χ3n) is 6.60. The summed E-state index contributed by atoms with van der Waals surface area (Å²) in [6.07, 6.45) is 3.36. The van der Waals surface area contributed by atoms with Crippen LogP contribution < -0.4 is 10.1 Å². The largest absolute Gasteiger partial charge is 0.434 e. The van der Waals surface area contributed by atoms with Gasteiger partial charge in [-0.25, -0.2) is 19.3 Å². The standard InChI is InChI=1S/C25H21F3N6O2/c1-25(2,35)23-30-9-11(10-31-23)13-6-17-15(7-14(13)26)33-22-16-8-18(34(17)22)20-12(21(29)32-16)4-3-5-19(20)36-24(27)28/h3-7,9-10,16,18,24,35H,8H2,1-2H3,(H2,29,32)/t16-,18-/m1/s1. The highest BCUT2D eigenvalue weighted by molar-refractivity contribution is 5.99. The topological polar surface area (TPSA) is 109 Å². The van der Waals surface area contributed by atoms with E-state index in [0.29, 0.717) is 40.0 Å². The first-order valence-electron chi connectivity index (χ1n) is 11.3. The van der Waals surface area contributed by atoms with E-state index in [0.717, 1.165) is 0 Å². The van der Waals surface area contributed by atoms with E-state index in [2.05, 4.69) is 20.3 Å². The number of alkyl halides is 2. The Morgan fingerprint density at radius 3 is 2.64 bits per heavy atom. The van der Waals surface area contributed by atoms with Crippen molar-refractivity contribution in [3.8, 4) is 16.9 Å². The SMILES string of the molecule is CC(C)(O)c1ncc(-c2cc3c(cc2F)nc2n3[C@@H]3C[C@H]2NC(=N)c2cccc(OC(F)F)c23)cn1. The van der Waals surface area contributed by atoms with Crippen molar-refractivity contribution in [3.63, 3.8) is 0 Å². The lowest BCUT2D eigenvalue weighted by Gasteiger charge is -2.22. The molecule has 184 valence electrons. The number of nitrogens with one attached hydrogen (secondary N) is 2. The van der Waals surface area contributed by atoms with Crippen LogP contribution in [0.1, 0.15) is 55.1 Å². The number of aromatic nitrogens is 4. The van der Waals surface area contributed by atoms with Gasteiger partial charge in [0.15, 0.2) is 5.82 Å². The van der Waals surface area contributed by atoms with Crippen LogP contribution in [0.25, 0.3) is 22.2 Å². The molecule has 6 rings (SSSR count). The van der Waals surface area contributed by atoms with Gasteiger partial charge in [0.1, 0.15) is 28.8 Å². The molecular formula is C25H21F3N6O2. The summed E-state index contributed by atoms with van der Waals surface area (Å²) in [6, 6.07) is 6.87. The van der Waals surface area contributed by atoms with Crippen LogP contribution >= 0.6 is 0 Å². The molecule has 0 unspecified atom stereocenters. The molecule has 3 N–H and O–H groups in total. The van der Waals surface area contributed by atoms with Crippen LogP contribution in [0.15, 0.2) is 42.7 Å². The number of benzene rings is 2. The quantitative estimate of drug-likeness (QED) is 0.388. The van der Waals surface area contributed by atoms with Gasteiger partial charge in [-0.05, 0) is 32.4 Å². The Balaban J connectivity index is 1.53. The summed E-state index contributed by atoms with van der Waals surface area (Å²) < 4.78 is 48.4. The molecule has 11 heteroatoms. The van der Waals surface area contributed by atoms with Crippen molar-refractivity contribution < 1.29 is 23.0 Å². The predicted molar refractivity (Wildman–Crippen MR) is 124 cm³/mol. The number of amidine groups is 1. The van der Waals surface area contributed by atoms with Crippen molar-refractivity contribution in [1.82, 2.24) is 24.8 Å². The Bertz CT molecular complexity index is 1530. The van der Waals surface area contributed by atoms with Crippen molar-refractivity contribution >= 4 is 16.9 Å². The molecule has 4 heterocycles. The van der Waals surface area contributed by atoms with Crippen LogP contribution in [0.3, 0.4) is 0 Å². The number of rotatable bonds is 4. The van der Waals surface area contributed by atoms with E-state index >= 15 is 4.39 Å². The third-order valence-corrected chi connectivity index (χ3v) is 6.60. The maximum Gasteiger partial charge on any atom is 0.387 e. The molecule has 0 fully saturated rings. The third kappa shape index (κ3) is 3.41. The fourth-order valence-electron chi connectivity index (χ4n) is 5.07. The van der Waals surface area contributed by atoms with Crippen LogP contribution in [-0.4, -0.2) is 37.1 Å². The van der Waals surface area contributed by atoms with E-state index in [-0.39, 0.29) is 29.0 Å². The molecule has 2 bridgehead atoms. The summed E-state index contributed by atoms with van der Waals surface area (Å²) in [5, 5.41) is 21.7. The molecule has 0 aliphatic carbocycles. The number of nitrogens with zero attached hydrogens (tertiary/aromatic N) is 4. The number of halogens is 3. The molecule has 2 atom stereocenters. The Morgan fingerprint density at radius 2 is 1.94 bits per heavy atom. The minimum absolute atomic E-state index is 0.00709. The number of ether oxygens (including phenoxy) is 1. The minimum Gasteiger partial charge on any atom is -0.434 e. The van der Waals surface area contributed by atoms with Crippen molar-refractivity contribution in [2.45, 2.75) is 44.6 Å². The lowest BCUT2D eigenvalue weighted by Crippen LogP contribution is -2.28. The van der Waals surface area contributed by atoms with E-state index in [9.17, 15) is 13.9 Å². The maximum atomic E-state index is 15.2. The first-order chi connectivity index (χ1) is 17.1. The molecule has 0 amide bonds. The molecule has 0 saturated heterocycles. The number of fused-ring (bicyclic) bond motifs is 9. The predicted octanol–water partition coefficient (Wildman–Crippen LogP) is 4.42. The second-order valence-electron chi connectivity index (χ2n) is 9.43. The monoisotopic (exact) mass is 494 g/mol. The summed E-state index contributed by atoms with van der Waals surface area (Å²) in [5.41, 5.74) is 1.34. The zero-order valence-electron chi connectivity index (χ0n) is 19.3. The van der Waals surface area contributed by atoms with Crippen LogP contribution in [0.4, 0.5) is 13.2 Å². The van der Waals surface area contributed by atoms with Crippen LogP contribution in [0.5, 0.6) is 5.75 Å². The van der Waals surface area contributed by atoms with E-state index in [1.165, 1.54) is 24.5 Å². The van der Waals surface area contributed by atoms with Crippen molar-refractivity contribution in [2.24, 2.45) is 0 Å². The Labute approximate surface area is 203 Å². The van der Waals surface area contributed by atoms with Gasteiger partial charge in [-0.15, -0.1) is 0 Å². The first kappa shape index (κ1) is 22.5. The molecule has 2 aliphatic rings. The minimum atomic E-state index is -3.02. The highest BCUT2D eigenvalue weighted by Crippen LogP contribution is 2.47. The maximum absolute atomic E-state index is 15.2. The number of hydrogen-bond donors (Lipinski definition) is 3. The molecule has 2 aromatic carbocycles. The molecule has 0 saturated carbocycles. The lowest BCUT2D eigenvalue weighted by molar-refractivity contribution is -0.0506. The number of aliphatic hydroxyl groups is 1. The zero-order chi connectivity index (χ0) is 25.4. The number of imidazole rings is 1. The lowest BCUT2D eigenvalue weighted by atomic mass is 9.97. The molecule has 36 heavy (non-hydrogen) atoms. The van der Waals surface area contributed by atoms with E-state index in [4.69, 9.17) is 10.1 Å². The highest BCUT2D eigenvalue weighted by atomic mass is 19.3. The normalized spacial score (nSPS) is 18.7. The van der Waals surface area contributed by atoms with Gasteiger partial charge in [-0.2, -0.15) is 8.78 Å². The van der Waals surface area contributed by atoms with Gasteiger partial charge in [-0.3, -0.25) is 5.41 Å². The summed E-state index contributed by atoms with van der Waals surface area (Å²) in [7, 11) is 0. The first-order valence-corrected chi connectivity index (χ1v) is 11.3. The summed E-state index contributed by atoms with van der Waals surface area (Å²) in [4.78, 5) is 13.0. The average molecular weight is 494 g/mol. The zero-order valence-corrected chi connectivity index (χ0v) is 19.3. The molecule has 0 radical (unpaired) electrons. The van der Waals surface area contributed by atoms with Crippen molar-refractivity contribution in [2.75, 3.05) is 0 Å². The van der Waals surface area contributed by atoms with Gasteiger partial charge in [0.25, 0.3) is 0 Å². The molecule has 4 aromatic rings. The van der Waals surface area contributed by atoms with Crippen LogP contribution in [-0.2, 0) is 5.60 Å². The van der Waals surface area contributed by atoms with Gasteiger partial charge >= 0.3 is 6.61 Å².